The number of carbonyl (C=O) groups excluding carboxylic acids is 2. The number of fused-ring (bicyclic) bond motifs is 1. The van der Waals surface area contributed by atoms with Gasteiger partial charge in [-0.05, 0) is 48.2 Å². The number of rotatable bonds is 11. The van der Waals surface area contributed by atoms with Crippen molar-refractivity contribution in [2.75, 3.05) is 23.9 Å². The summed E-state index contributed by atoms with van der Waals surface area (Å²) >= 11 is 3.45. The van der Waals surface area contributed by atoms with Crippen molar-refractivity contribution in [2.24, 2.45) is 0 Å². The summed E-state index contributed by atoms with van der Waals surface area (Å²) in [6.07, 6.45) is 5.24. The molecule has 1 atom stereocenters. The van der Waals surface area contributed by atoms with E-state index in [1.807, 2.05) is 54.6 Å². The van der Waals surface area contributed by atoms with Gasteiger partial charge in [0.2, 0.25) is 28.6 Å². The highest BCUT2D eigenvalue weighted by atomic mass is 79.9. The lowest BCUT2D eigenvalue weighted by Crippen LogP contribution is -2.54. The predicted molar refractivity (Wildman–Crippen MR) is 164 cm³/mol. The third-order valence-corrected chi connectivity index (χ3v) is 9.23. The first-order valence-corrected chi connectivity index (χ1v) is 16.6. The van der Waals surface area contributed by atoms with Gasteiger partial charge in [-0.15, -0.1) is 0 Å². The van der Waals surface area contributed by atoms with Crippen LogP contribution in [0, 0.1) is 0 Å². The molecule has 1 aliphatic heterocycles. The summed E-state index contributed by atoms with van der Waals surface area (Å²) in [5, 5.41) is 3.17. The van der Waals surface area contributed by atoms with Crippen LogP contribution < -0.4 is 19.1 Å². The zero-order valence-corrected chi connectivity index (χ0v) is 25.8. The van der Waals surface area contributed by atoms with Gasteiger partial charge in [0, 0.05) is 29.5 Å². The number of carbonyl (C=O) groups is 2. The van der Waals surface area contributed by atoms with Crippen molar-refractivity contribution in [3.8, 4) is 11.5 Å². The molecule has 5 rings (SSSR count). The number of ether oxygens (including phenoxy) is 2. The highest BCUT2D eigenvalue weighted by molar-refractivity contribution is 9.10. The van der Waals surface area contributed by atoms with Crippen LogP contribution in [0.2, 0.25) is 0 Å². The van der Waals surface area contributed by atoms with Gasteiger partial charge in [-0.3, -0.25) is 13.9 Å². The first-order chi connectivity index (χ1) is 20.2. The van der Waals surface area contributed by atoms with Gasteiger partial charge in [0.1, 0.15) is 12.6 Å². The van der Waals surface area contributed by atoms with Crippen LogP contribution in [-0.4, -0.2) is 56.8 Å². The van der Waals surface area contributed by atoms with Crippen LogP contribution in [0.5, 0.6) is 11.5 Å². The highest BCUT2D eigenvalue weighted by Gasteiger charge is 2.34. The summed E-state index contributed by atoms with van der Waals surface area (Å²) < 4.78 is 38.8. The lowest BCUT2D eigenvalue weighted by molar-refractivity contribution is -0.140. The van der Waals surface area contributed by atoms with Crippen molar-refractivity contribution in [2.45, 2.75) is 50.7 Å². The molecule has 42 heavy (non-hydrogen) atoms. The average molecular weight is 657 g/mol. The number of nitrogens with one attached hydrogen (secondary N) is 1. The summed E-state index contributed by atoms with van der Waals surface area (Å²) in [4.78, 5) is 29.6. The summed E-state index contributed by atoms with van der Waals surface area (Å²) in [6.45, 7) is -0.327. The molecule has 1 N–H and O–H groups in total. The van der Waals surface area contributed by atoms with Crippen molar-refractivity contribution >= 4 is 43.5 Å². The molecular weight excluding hydrogens is 622 g/mol. The molecule has 222 valence electrons. The Hall–Kier alpha value is -3.57. The van der Waals surface area contributed by atoms with E-state index >= 15 is 0 Å². The molecular formula is C31H34BrN3O6S. The minimum Gasteiger partial charge on any atom is -0.454 e. The van der Waals surface area contributed by atoms with Crippen LogP contribution in [0.25, 0.3) is 0 Å². The summed E-state index contributed by atoms with van der Waals surface area (Å²) in [5.41, 5.74) is 1.98. The quantitative estimate of drug-likeness (QED) is 0.323. The Labute approximate surface area is 255 Å². The second-order valence-corrected chi connectivity index (χ2v) is 13.5. The molecule has 0 unspecified atom stereocenters. The summed E-state index contributed by atoms with van der Waals surface area (Å²) in [7, 11) is -3.88. The number of hydrogen-bond donors (Lipinski definition) is 1. The number of benzene rings is 3. The maximum absolute atomic E-state index is 14.2. The fourth-order valence-electron chi connectivity index (χ4n) is 5.36. The van der Waals surface area contributed by atoms with Gasteiger partial charge in [0.25, 0.3) is 0 Å². The van der Waals surface area contributed by atoms with Gasteiger partial charge in [0.15, 0.2) is 11.5 Å². The van der Waals surface area contributed by atoms with Gasteiger partial charge in [-0.2, -0.15) is 0 Å². The maximum Gasteiger partial charge on any atom is 0.244 e. The average Bonchev–Trinajstić information content (AvgIpc) is 3.66. The van der Waals surface area contributed by atoms with E-state index in [-0.39, 0.29) is 37.4 Å². The maximum atomic E-state index is 14.2. The van der Waals surface area contributed by atoms with E-state index in [4.69, 9.17) is 9.47 Å². The van der Waals surface area contributed by atoms with Crippen molar-refractivity contribution in [1.29, 1.82) is 0 Å². The largest absolute Gasteiger partial charge is 0.454 e. The van der Waals surface area contributed by atoms with E-state index in [0.29, 0.717) is 11.5 Å². The highest BCUT2D eigenvalue weighted by Crippen LogP contribution is 2.36. The molecule has 2 amide bonds. The van der Waals surface area contributed by atoms with Crippen molar-refractivity contribution in [3.63, 3.8) is 0 Å². The summed E-state index contributed by atoms with van der Waals surface area (Å²) in [5.74, 6) is 0.161. The third kappa shape index (κ3) is 7.43. The summed E-state index contributed by atoms with van der Waals surface area (Å²) in [6, 6.07) is 21.0. The smallest absolute Gasteiger partial charge is 0.244 e. The van der Waals surface area contributed by atoms with E-state index in [0.717, 1.165) is 51.8 Å². The third-order valence-electron chi connectivity index (χ3n) is 7.56. The number of halogens is 1. The SMILES string of the molecule is CS(=O)(=O)N(CC(=O)N(Cc1ccc(Br)cc1)[C@@H](Cc1ccccc1)C(=O)NC1CCCC1)c1ccc2c(c1)OCO2. The molecule has 3 aromatic rings. The number of sulfonamides is 1. The molecule has 11 heteroatoms. The molecule has 0 saturated heterocycles. The molecule has 0 radical (unpaired) electrons. The standard InChI is InChI=1S/C31H34BrN3O6S/c1-42(38,39)35(26-15-16-28-29(18-26)41-21-40-28)20-30(36)34(19-23-11-13-24(32)14-12-23)27(17-22-7-3-2-4-8-22)31(37)33-25-9-5-6-10-25/h2-4,7-8,11-16,18,25,27H,5-6,9-10,17,19-21H2,1H3,(H,33,37)/t27-/m0/s1. The monoisotopic (exact) mass is 655 g/mol. The Kier molecular flexibility index (Phi) is 9.37. The first-order valence-electron chi connectivity index (χ1n) is 13.9. The Morgan fingerprint density at radius 2 is 1.64 bits per heavy atom. The molecule has 1 saturated carbocycles. The van der Waals surface area contributed by atoms with E-state index in [1.165, 1.54) is 4.90 Å². The second-order valence-electron chi connectivity index (χ2n) is 10.7. The fourth-order valence-corrected chi connectivity index (χ4v) is 6.47. The van der Waals surface area contributed by atoms with Crippen molar-refractivity contribution < 1.29 is 27.5 Å². The van der Waals surface area contributed by atoms with Gasteiger partial charge in [0.05, 0.1) is 11.9 Å². The second kappa shape index (κ2) is 13.2. The number of anilines is 1. The molecule has 1 fully saturated rings. The van der Waals surface area contributed by atoms with E-state index in [2.05, 4.69) is 21.2 Å². The van der Waals surface area contributed by atoms with Crippen LogP contribution in [0.15, 0.2) is 77.3 Å². The van der Waals surface area contributed by atoms with Crippen LogP contribution in [0.1, 0.15) is 36.8 Å². The topological polar surface area (TPSA) is 105 Å². The van der Waals surface area contributed by atoms with Crippen LogP contribution in [-0.2, 0) is 32.6 Å². The molecule has 1 heterocycles. The van der Waals surface area contributed by atoms with Crippen LogP contribution in [0.4, 0.5) is 5.69 Å². The van der Waals surface area contributed by atoms with Crippen molar-refractivity contribution in [3.05, 3.63) is 88.4 Å². The van der Waals surface area contributed by atoms with E-state index in [9.17, 15) is 18.0 Å². The minimum atomic E-state index is -3.88. The first kappa shape index (κ1) is 29.9. The zero-order chi connectivity index (χ0) is 29.7. The van der Waals surface area contributed by atoms with E-state index in [1.54, 1.807) is 18.2 Å². The molecule has 9 nitrogen and oxygen atoms in total. The van der Waals surface area contributed by atoms with Gasteiger partial charge >= 0.3 is 0 Å². The predicted octanol–water partition coefficient (Wildman–Crippen LogP) is 4.64. The molecule has 2 aliphatic rings. The number of amides is 2. The zero-order valence-electron chi connectivity index (χ0n) is 23.4. The number of hydrogen-bond acceptors (Lipinski definition) is 6. The van der Waals surface area contributed by atoms with Crippen molar-refractivity contribution in [1.82, 2.24) is 10.2 Å². The van der Waals surface area contributed by atoms with Crippen LogP contribution in [0.3, 0.4) is 0 Å². The molecule has 0 spiro atoms. The number of nitrogens with zero attached hydrogens (tertiary/aromatic N) is 2. The molecule has 0 aromatic heterocycles. The Bertz CT molecular complexity index is 1510. The Morgan fingerprint density at radius 3 is 2.33 bits per heavy atom. The minimum absolute atomic E-state index is 0.0365. The Balaban J connectivity index is 1.50. The Morgan fingerprint density at radius 1 is 0.952 bits per heavy atom. The molecule has 1 aliphatic carbocycles. The van der Waals surface area contributed by atoms with Gasteiger partial charge in [-0.1, -0.05) is 71.2 Å². The fraction of sp³-hybridized carbons (Fsp3) is 0.355. The van der Waals surface area contributed by atoms with Gasteiger partial charge in [-0.25, -0.2) is 8.42 Å². The normalized spacial score (nSPS) is 15.3. The lowest BCUT2D eigenvalue weighted by atomic mass is 10.0. The van der Waals surface area contributed by atoms with Crippen LogP contribution >= 0.6 is 15.9 Å². The molecule has 0 bridgehead atoms. The van der Waals surface area contributed by atoms with Gasteiger partial charge < -0.3 is 19.7 Å². The lowest BCUT2D eigenvalue weighted by Gasteiger charge is -2.34. The van der Waals surface area contributed by atoms with E-state index < -0.39 is 28.5 Å². The molecule has 3 aromatic carbocycles.